The Bertz CT molecular complexity index is 114. The third kappa shape index (κ3) is 1.41. The standard InChI is InChI=1S/C7H10O/c1-7-3-2-5-8-6-4-7/h2,4-7H,3H2,1H3. The van der Waals surface area contributed by atoms with Crippen molar-refractivity contribution in [2.45, 2.75) is 13.3 Å². The lowest BCUT2D eigenvalue weighted by Crippen LogP contribution is -1.82. The van der Waals surface area contributed by atoms with E-state index in [4.69, 9.17) is 4.74 Å². The van der Waals surface area contributed by atoms with Crippen molar-refractivity contribution >= 4 is 0 Å². The Kier molecular flexibility index (Phi) is 1.73. The fraction of sp³-hybridized carbons (Fsp3) is 0.429. The molecule has 1 aliphatic rings. The van der Waals surface area contributed by atoms with Crippen LogP contribution in [0.25, 0.3) is 0 Å². The minimum absolute atomic E-state index is 0.633. The van der Waals surface area contributed by atoms with Crippen LogP contribution in [-0.2, 0) is 4.74 Å². The molecule has 0 aliphatic carbocycles. The molecule has 0 aromatic carbocycles. The summed E-state index contributed by atoms with van der Waals surface area (Å²) in [6, 6.07) is 0. The molecule has 0 N–H and O–H groups in total. The Morgan fingerprint density at radius 2 is 2.38 bits per heavy atom. The van der Waals surface area contributed by atoms with E-state index in [1.165, 1.54) is 0 Å². The van der Waals surface area contributed by atoms with Crippen molar-refractivity contribution in [3.63, 3.8) is 0 Å². The molecule has 0 spiro atoms. The van der Waals surface area contributed by atoms with E-state index in [2.05, 4.69) is 13.0 Å². The van der Waals surface area contributed by atoms with E-state index in [0.717, 1.165) is 6.42 Å². The van der Waals surface area contributed by atoms with Crippen molar-refractivity contribution in [3.8, 4) is 0 Å². The zero-order chi connectivity index (χ0) is 5.82. The van der Waals surface area contributed by atoms with Crippen LogP contribution in [0.1, 0.15) is 13.3 Å². The summed E-state index contributed by atoms with van der Waals surface area (Å²) in [4.78, 5) is 0. The Labute approximate surface area is 49.7 Å². The van der Waals surface area contributed by atoms with Gasteiger partial charge in [0, 0.05) is 0 Å². The molecule has 8 heavy (non-hydrogen) atoms. The molecule has 1 unspecified atom stereocenters. The van der Waals surface area contributed by atoms with Gasteiger partial charge < -0.3 is 4.74 Å². The molecular formula is C7H10O. The molecule has 0 fully saturated rings. The lowest BCUT2D eigenvalue weighted by Gasteiger charge is -1.94. The zero-order valence-electron chi connectivity index (χ0n) is 5.00. The first-order chi connectivity index (χ1) is 3.89. The zero-order valence-corrected chi connectivity index (χ0v) is 5.00. The summed E-state index contributed by atoms with van der Waals surface area (Å²) in [5.41, 5.74) is 0. The fourth-order valence-corrected chi connectivity index (χ4v) is 0.629. The van der Waals surface area contributed by atoms with Gasteiger partial charge >= 0.3 is 0 Å². The second-order valence-electron chi connectivity index (χ2n) is 2.05. The number of ether oxygens (including phenoxy) is 1. The van der Waals surface area contributed by atoms with Gasteiger partial charge in [0.1, 0.15) is 0 Å². The predicted octanol–water partition coefficient (Wildman–Crippen LogP) is 2.07. The maximum Gasteiger partial charge on any atom is 0.0864 e. The Morgan fingerprint density at radius 1 is 1.50 bits per heavy atom. The smallest absolute Gasteiger partial charge is 0.0864 e. The van der Waals surface area contributed by atoms with E-state index < -0.39 is 0 Å². The minimum Gasteiger partial charge on any atom is -0.473 e. The molecule has 1 rings (SSSR count). The van der Waals surface area contributed by atoms with E-state index in [1.807, 2.05) is 6.08 Å². The van der Waals surface area contributed by atoms with Crippen LogP contribution in [0, 0.1) is 5.92 Å². The fourth-order valence-electron chi connectivity index (χ4n) is 0.629. The molecule has 0 saturated heterocycles. The molecule has 1 atom stereocenters. The molecule has 44 valence electrons. The summed E-state index contributed by atoms with van der Waals surface area (Å²) in [6.45, 7) is 2.16. The number of hydrogen-bond donors (Lipinski definition) is 0. The monoisotopic (exact) mass is 110 g/mol. The number of allylic oxidation sites excluding steroid dienone is 2. The second kappa shape index (κ2) is 2.55. The first-order valence-electron chi connectivity index (χ1n) is 2.87. The first kappa shape index (κ1) is 5.42. The maximum absolute atomic E-state index is 4.90. The van der Waals surface area contributed by atoms with Gasteiger partial charge in [0.15, 0.2) is 0 Å². The van der Waals surface area contributed by atoms with Gasteiger partial charge in [-0.05, 0) is 24.5 Å². The van der Waals surface area contributed by atoms with Gasteiger partial charge in [-0.2, -0.15) is 0 Å². The van der Waals surface area contributed by atoms with Crippen LogP contribution < -0.4 is 0 Å². The average Bonchev–Trinajstić information content (AvgIpc) is 1.94. The summed E-state index contributed by atoms with van der Waals surface area (Å²) in [5.74, 6) is 0.633. The van der Waals surface area contributed by atoms with E-state index in [0.29, 0.717) is 5.92 Å². The highest BCUT2D eigenvalue weighted by molar-refractivity contribution is 4.91. The van der Waals surface area contributed by atoms with Gasteiger partial charge in [0.05, 0.1) is 12.5 Å². The molecule has 1 aliphatic heterocycles. The van der Waals surface area contributed by atoms with Crippen molar-refractivity contribution in [3.05, 3.63) is 24.7 Å². The first-order valence-corrected chi connectivity index (χ1v) is 2.87. The highest BCUT2D eigenvalue weighted by Gasteiger charge is 1.94. The Hall–Kier alpha value is -0.720. The molecule has 1 heteroatoms. The molecule has 0 saturated carbocycles. The third-order valence-electron chi connectivity index (χ3n) is 1.17. The van der Waals surface area contributed by atoms with Gasteiger partial charge in [0.25, 0.3) is 0 Å². The van der Waals surface area contributed by atoms with E-state index in [1.54, 1.807) is 12.5 Å². The van der Waals surface area contributed by atoms with Crippen LogP contribution in [-0.4, -0.2) is 0 Å². The minimum atomic E-state index is 0.633. The van der Waals surface area contributed by atoms with E-state index in [9.17, 15) is 0 Å². The lowest BCUT2D eigenvalue weighted by molar-refractivity contribution is 0.402. The highest BCUT2D eigenvalue weighted by atomic mass is 16.5. The van der Waals surface area contributed by atoms with Crippen LogP contribution >= 0.6 is 0 Å². The Morgan fingerprint density at radius 3 is 3.25 bits per heavy atom. The Balaban J connectivity index is 2.48. The van der Waals surface area contributed by atoms with Crippen molar-refractivity contribution in [2.24, 2.45) is 5.92 Å². The number of rotatable bonds is 0. The van der Waals surface area contributed by atoms with Gasteiger partial charge in [-0.15, -0.1) is 0 Å². The van der Waals surface area contributed by atoms with Gasteiger partial charge in [-0.25, -0.2) is 0 Å². The second-order valence-corrected chi connectivity index (χ2v) is 2.05. The molecule has 0 radical (unpaired) electrons. The van der Waals surface area contributed by atoms with Crippen LogP contribution in [0.2, 0.25) is 0 Å². The third-order valence-corrected chi connectivity index (χ3v) is 1.17. The summed E-state index contributed by atoms with van der Waals surface area (Å²) < 4.78 is 4.90. The largest absolute Gasteiger partial charge is 0.473 e. The van der Waals surface area contributed by atoms with Crippen molar-refractivity contribution in [1.82, 2.24) is 0 Å². The SMILES string of the molecule is CC1C=COC=CC1. The molecular weight excluding hydrogens is 100 g/mol. The average molecular weight is 110 g/mol. The molecule has 0 aromatic heterocycles. The summed E-state index contributed by atoms with van der Waals surface area (Å²) in [6.07, 6.45) is 8.63. The van der Waals surface area contributed by atoms with Gasteiger partial charge in [-0.1, -0.05) is 6.92 Å². The van der Waals surface area contributed by atoms with Crippen LogP contribution in [0.15, 0.2) is 24.7 Å². The lowest BCUT2D eigenvalue weighted by atomic mass is 10.1. The normalized spacial score (nSPS) is 26.9. The maximum atomic E-state index is 4.90. The van der Waals surface area contributed by atoms with Crippen LogP contribution in [0.3, 0.4) is 0 Å². The highest BCUT2D eigenvalue weighted by Crippen LogP contribution is 2.07. The molecule has 0 bridgehead atoms. The molecule has 0 amide bonds. The molecule has 0 aromatic rings. The van der Waals surface area contributed by atoms with Crippen LogP contribution in [0.4, 0.5) is 0 Å². The summed E-state index contributed by atoms with van der Waals surface area (Å²) in [5, 5.41) is 0. The molecule has 1 heterocycles. The van der Waals surface area contributed by atoms with Crippen molar-refractivity contribution in [2.75, 3.05) is 0 Å². The molecule has 1 nitrogen and oxygen atoms in total. The van der Waals surface area contributed by atoms with E-state index >= 15 is 0 Å². The quantitative estimate of drug-likeness (QED) is 0.464. The van der Waals surface area contributed by atoms with Crippen molar-refractivity contribution < 1.29 is 4.74 Å². The summed E-state index contributed by atoms with van der Waals surface area (Å²) >= 11 is 0. The summed E-state index contributed by atoms with van der Waals surface area (Å²) in [7, 11) is 0. The van der Waals surface area contributed by atoms with Crippen LogP contribution in [0.5, 0.6) is 0 Å². The predicted molar refractivity (Wildman–Crippen MR) is 33.1 cm³/mol. The number of hydrogen-bond acceptors (Lipinski definition) is 1. The topological polar surface area (TPSA) is 9.23 Å². The van der Waals surface area contributed by atoms with Crippen molar-refractivity contribution in [1.29, 1.82) is 0 Å². The van der Waals surface area contributed by atoms with Gasteiger partial charge in [0.2, 0.25) is 0 Å². The van der Waals surface area contributed by atoms with E-state index in [-0.39, 0.29) is 0 Å². The van der Waals surface area contributed by atoms with Gasteiger partial charge in [-0.3, -0.25) is 0 Å².